The van der Waals surface area contributed by atoms with Gasteiger partial charge in [-0.05, 0) is 60.7 Å². The van der Waals surface area contributed by atoms with Crippen LogP contribution in [0.1, 0.15) is 25.7 Å². The number of halogens is 1. The lowest BCUT2D eigenvalue weighted by Gasteiger charge is -2.41. The second-order valence-corrected chi connectivity index (χ2v) is 14.6. The molecule has 200 valence electrons. The minimum atomic E-state index is -3.96. The van der Waals surface area contributed by atoms with E-state index in [1.54, 1.807) is 17.0 Å². The molecule has 2 aromatic carbocycles. The quantitative estimate of drug-likeness (QED) is 0.527. The lowest BCUT2D eigenvalue weighted by molar-refractivity contribution is -0.145. The fourth-order valence-corrected chi connectivity index (χ4v) is 8.13. The number of nitrogens with zero attached hydrogens (tertiary/aromatic N) is 3. The Balaban J connectivity index is 1.26. The summed E-state index contributed by atoms with van der Waals surface area (Å²) in [5, 5.41) is 1.65. The van der Waals surface area contributed by atoms with Crippen molar-refractivity contribution >= 4 is 58.6 Å². The van der Waals surface area contributed by atoms with Crippen LogP contribution in [0.3, 0.4) is 0 Å². The highest BCUT2D eigenvalue weighted by atomic mass is 79.9. The molecule has 3 fully saturated rings. The molecule has 2 aromatic rings. The number of rotatable bonds is 6. The number of carbonyl (C=O) groups excluding carboxylic acids is 2. The molecule has 5 rings (SSSR count). The second kappa shape index (κ2) is 9.92. The van der Waals surface area contributed by atoms with Crippen LogP contribution in [0.15, 0.2) is 45.8 Å². The van der Waals surface area contributed by atoms with E-state index >= 15 is 0 Å². The molecule has 3 atom stereocenters. The Bertz CT molecular complexity index is 1450. The number of hydrogen-bond acceptors (Lipinski definition) is 6. The first-order chi connectivity index (χ1) is 17.4. The fourth-order valence-electron chi connectivity index (χ4n) is 5.61. The first-order valence-electron chi connectivity index (χ1n) is 12.2. The van der Waals surface area contributed by atoms with Gasteiger partial charge in [0.2, 0.25) is 31.9 Å². The summed E-state index contributed by atoms with van der Waals surface area (Å²) < 4.78 is 55.1. The summed E-state index contributed by atoms with van der Waals surface area (Å²) in [7, 11) is -7.30. The van der Waals surface area contributed by atoms with E-state index in [9.17, 15) is 26.4 Å². The van der Waals surface area contributed by atoms with Gasteiger partial charge in [-0.15, -0.1) is 0 Å². The summed E-state index contributed by atoms with van der Waals surface area (Å²) in [5.74, 6) is -0.645. The zero-order valence-corrected chi connectivity index (χ0v) is 23.6. The van der Waals surface area contributed by atoms with Gasteiger partial charge in [0.15, 0.2) is 0 Å². The first-order valence-corrected chi connectivity index (χ1v) is 16.3. The van der Waals surface area contributed by atoms with Gasteiger partial charge in [-0.25, -0.2) is 16.8 Å². The summed E-state index contributed by atoms with van der Waals surface area (Å²) >= 11 is 3.40. The SMILES string of the molecule is CS(=O)(=O)N1CC2CCC(C1)N2C(=O)CN1CCC[C@H](NS(=O)(=O)c2ccc3cc(Br)ccc3c2)C1=O. The molecule has 0 spiro atoms. The van der Waals surface area contributed by atoms with Gasteiger partial charge >= 0.3 is 0 Å². The second-order valence-electron chi connectivity index (χ2n) is 10.00. The molecule has 10 nitrogen and oxygen atoms in total. The lowest BCUT2D eigenvalue weighted by atomic mass is 10.1. The van der Waals surface area contributed by atoms with Gasteiger partial charge in [0.05, 0.1) is 17.7 Å². The summed E-state index contributed by atoms with van der Waals surface area (Å²) in [6.45, 7) is 0.750. The van der Waals surface area contributed by atoms with Gasteiger partial charge in [0.1, 0.15) is 6.04 Å². The monoisotopic (exact) mass is 612 g/mol. The maximum absolute atomic E-state index is 13.2. The Kier molecular flexibility index (Phi) is 7.11. The number of amides is 2. The number of benzene rings is 2. The molecule has 37 heavy (non-hydrogen) atoms. The maximum atomic E-state index is 13.2. The van der Waals surface area contributed by atoms with Crippen molar-refractivity contribution in [3.05, 3.63) is 40.9 Å². The third-order valence-corrected chi connectivity index (χ3v) is 10.6. The van der Waals surface area contributed by atoms with Crippen LogP contribution < -0.4 is 4.72 Å². The number of nitrogens with one attached hydrogen (secondary N) is 1. The van der Waals surface area contributed by atoms with E-state index in [0.717, 1.165) is 28.1 Å². The Labute approximate surface area is 225 Å². The molecule has 3 saturated heterocycles. The topological polar surface area (TPSA) is 124 Å². The normalized spacial score (nSPS) is 25.1. The summed E-state index contributed by atoms with van der Waals surface area (Å²) in [6, 6.07) is 8.99. The smallest absolute Gasteiger partial charge is 0.242 e. The van der Waals surface area contributed by atoms with E-state index in [1.165, 1.54) is 21.5 Å². The molecular formula is C24H29BrN4O6S2. The third-order valence-electron chi connectivity index (χ3n) is 7.44. The van der Waals surface area contributed by atoms with E-state index in [4.69, 9.17) is 0 Å². The highest BCUT2D eigenvalue weighted by molar-refractivity contribution is 9.10. The fraction of sp³-hybridized carbons (Fsp3) is 0.500. The number of fused-ring (bicyclic) bond motifs is 3. The summed E-state index contributed by atoms with van der Waals surface area (Å²) in [6.07, 6.45) is 3.53. The third kappa shape index (κ3) is 5.42. The van der Waals surface area contributed by atoms with Crippen molar-refractivity contribution in [3.8, 4) is 0 Å². The molecular weight excluding hydrogens is 584 g/mol. The Hall–Kier alpha value is -2.06. The average Bonchev–Trinajstić information content (AvgIpc) is 3.09. The first kappa shape index (κ1) is 26.5. The number of carbonyl (C=O) groups is 2. The molecule has 13 heteroatoms. The minimum absolute atomic E-state index is 0.0728. The molecule has 2 amide bonds. The van der Waals surface area contributed by atoms with Gasteiger partial charge in [-0.2, -0.15) is 9.03 Å². The van der Waals surface area contributed by atoms with E-state index in [0.29, 0.717) is 19.4 Å². The van der Waals surface area contributed by atoms with Crippen LogP contribution in [0, 0.1) is 0 Å². The van der Waals surface area contributed by atoms with E-state index in [2.05, 4.69) is 20.7 Å². The van der Waals surface area contributed by atoms with E-state index in [1.807, 2.05) is 18.2 Å². The van der Waals surface area contributed by atoms with Crippen LogP contribution in [0.2, 0.25) is 0 Å². The maximum Gasteiger partial charge on any atom is 0.242 e. The van der Waals surface area contributed by atoms with Crippen molar-refractivity contribution in [1.29, 1.82) is 0 Å². The molecule has 1 N–H and O–H groups in total. The number of sulfonamides is 2. The van der Waals surface area contributed by atoms with Crippen molar-refractivity contribution in [2.75, 3.05) is 32.4 Å². The standard InChI is InChI=1S/C24H29BrN4O6S2/c1-36(32,33)28-13-19-7-8-20(14-28)29(19)23(30)15-27-10-2-3-22(24(27)31)26-37(34,35)21-9-5-16-11-18(25)6-4-17(16)12-21/h4-6,9,11-12,19-20,22,26H,2-3,7-8,10,13-15H2,1H3/t19?,20?,22-/m0/s1. The zero-order valence-electron chi connectivity index (χ0n) is 20.3. The predicted octanol–water partition coefficient (Wildman–Crippen LogP) is 1.51. The molecule has 3 aliphatic heterocycles. The molecule has 2 bridgehead atoms. The van der Waals surface area contributed by atoms with E-state index < -0.39 is 32.0 Å². The lowest BCUT2D eigenvalue weighted by Crippen LogP contribution is -2.60. The van der Waals surface area contributed by atoms with Crippen LogP contribution >= 0.6 is 15.9 Å². The van der Waals surface area contributed by atoms with E-state index in [-0.39, 0.29) is 42.5 Å². The highest BCUT2D eigenvalue weighted by Crippen LogP contribution is 2.31. The largest absolute Gasteiger partial charge is 0.333 e. The molecule has 3 heterocycles. The predicted molar refractivity (Wildman–Crippen MR) is 142 cm³/mol. The molecule has 0 radical (unpaired) electrons. The van der Waals surface area contributed by atoms with Crippen molar-refractivity contribution in [3.63, 3.8) is 0 Å². The van der Waals surface area contributed by atoms with Crippen molar-refractivity contribution in [1.82, 2.24) is 18.8 Å². The Morgan fingerprint density at radius 2 is 1.65 bits per heavy atom. The number of piperazine rings is 1. The summed E-state index contributed by atoms with van der Waals surface area (Å²) in [4.78, 5) is 29.6. The van der Waals surface area contributed by atoms with Crippen LogP contribution in [0.5, 0.6) is 0 Å². The van der Waals surface area contributed by atoms with Crippen LogP contribution in [-0.2, 0) is 29.6 Å². The van der Waals surface area contributed by atoms with Crippen molar-refractivity contribution in [2.45, 2.75) is 48.7 Å². The minimum Gasteiger partial charge on any atom is -0.333 e. The molecule has 2 unspecified atom stereocenters. The zero-order chi connectivity index (χ0) is 26.5. The highest BCUT2D eigenvalue weighted by Gasteiger charge is 2.45. The van der Waals surface area contributed by atoms with Crippen molar-refractivity contribution in [2.24, 2.45) is 0 Å². The number of piperidine rings is 1. The molecule has 0 saturated carbocycles. The van der Waals surface area contributed by atoms with Crippen molar-refractivity contribution < 1.29 is 26.4 Å². The van der Waals surface area contributed by atoms with Gasteiger partial charge in [0.25, 0.3) is 0 Å². The van der Waals surface area contributed by atoms with Gasteiger partial charge in [-0.1, -0.05) is 28.1 Å². The van der Waals surface area contributed by atoms with Crippen LogP contribution in [0.4, 0.5) is 0 Å². The van der Waals surface area contributed by atoms with Gasteiger partial charge in [0, 0.05) is 36.2 Å². The van der Waals surface area contributed by atoms with Crippen LogP contribution in [0.25, 0.3) is 10.8 Å². The van der Waals surface area contributed by atoms with Gasteiger partial charge < -0.3 is 9.80 Å². The molecule has 0 aliphatic carbocycles. The molecule has 0 aromatic heterocycles. The number of likely N-dealkylation sites (tertiary alicyclic amines) is 1. The van der Waals surface area contributed by atoms with Gasteiger partial charge in [-0.3, -0.25) is 9.59 Å². The molecule has 3 aliphatic rings. The Morgan fingerprint density at radius 1 is 1.00 bits per heavy atom. The number of hydrogen-bond donors (Lipinski definition) is 1. The average molecular weight is 614 g/mol. The Morgan fingerprint density at radius 3 is 2.32 bits per heavy atom. The van der Waals surface area contributed by atoms with Crippen LogP contribution in [-0.4, -0.2) is 93.3 Å². The summed E-state index contributed by atoms with van der Waals surface area (Å²) in [5.41, 5.74) is 0.